The molecule has 0 bridgehead atoms. The zero-order valence-corrected chi connectivity index (χ0v) is 12.8. The minimum absolute atomic E-state index is 0.265. The van der Waals surface area contributed by atoms with Crippen LogP contribution in [0.15, 0.2) is 17.0 Å². The number of sulfonamides is 1. The van der Waals surface area contributed by atoms with Gasteiger partial charge in [0.1, 0.15) is 5.82 Å². The van der Waals surface area contributed by atoms with E-state index in [9.17, 15) is 12.8 Å². The monoisotopic (exact) mass is 303 g/mol. The summed E-state index contributed by atoms with van der Waals surface area (Å²) in [5, 5.41) is 0. The van der Waals surface area contributed by atoms with Gasteiger partial charge in [0.05, 0.1) is 4.90 Å². The summed E-state index contributed by atoms with van der Waals surface area (Å²) in [5.41, 5.74) is 0.962. The van der Waals surface area contributed by atoms with Gasteiger partial charge in [0.25, 0.3) is 0 Å². The summed E-state index contributed by atoms with van der Waals surface area (Å²) < 4.78 is 40.2. The average molecular weight is 303 g/mol. The Morgan fingerprint density at radius 1 is 1.16 bits per heavy atom. The zero-order chi connectivity index (χ0) is 14.0. The summed E-state index contributed by atoms with van der Waals surface area (Å²) in [5.74, 6) is 1.42. The molecule has 0 aromatic heterocycles. The van der Waals surface area contributed by atoms with Gasteiger partial charge in [-0.2, -0.15) is 16.1 Å². The second-order valence-corrected chi connectivity index (χ2v) is 7.84. The molecular weight excluding hydrogens is 285 g/mol. The molecule has 2 rings (SSSR count). The molecule has 0 spiro atoms. The number of hydrogen-bond acceptors (Lipinski definition) is 3. The number of rotatable bonds is 2. The average Bonchev–Trinajstić information content (AvgIpc) is 2.55. The van der Waals surface area contributed by atoms with Gasteiger partial charge in [0, 0.05) is 18.8 Å². The van der Waals surface area contributed by atoms with Crippen LogP contribution in [0.25, 0.3) is 0 Å². The van der Waals surface area contributed by atoms with Crippen LogP contribution in [0.5, 0.6) is 0 Å². The van der Waals surface area contributed by atoms with E-state index >= 15 is 0 Å². The lowest BCUT2D eigenvalue weighted by Crippen LogP contribution is -2.33. The highest BCUT2D eigenvalue weighted by Crippen LogP contribution is 2.26. The number of halogens is 1. The van der Waals surface area contributed by atoms with Crippen LogP contribution in [0.3, 0.4) is 0 Å². The SMILES string of the molecule is Cc1cc(F)cc(C)c1S(=O)(=O)N1CCCSCC1. The molecule has 19 heavy (non-hydrogen) atoms. The quantitative estimate of drug-likeness (QED) is 0.842. The molecule has 0 amide bonds. The van der Waals surface area contributed by atoms with Crippen molar-refractivity contribution in [1.82, 2.24) is 4.31 Å². The molecule has 1 aliphatic rings. The highest BCUT2D eigenvalue weighted by Gasteiger charge is 2.28. The largest absolute Gasteiger partial charge is 0.243 e. The standard InChI is InChI=1S/C13H18FNO2S2/c1-10-8-12(14)9-11(2)13(10)19(16,17)15-4-3-6-18-7-5-15/h8-9H,3-7H2,1-2H3. The summed E-state index contributed by atoms with van der Waals surface area (Å²) in [7, 11) is -3.51. The highest BCUT2D eigenvalue weighted by molar-refractivity contribution is 7.99. The molecule has 1 aliphatic heterocycles. The molecule has 6 heteroatoms. The topological polar surface area (TPSA) is 37.4 Å². The van der Waals surface area contributed by atoms with E-state index in [-0.39, 0.29) is 10.7 Å². The molecule has 0 N–H and O–H groups in total. The van der Waals surface area contributed by atoms with E-state index in [2.05, 4.69) is 0 Å². The van der Waals surface area contributed by atoms with E-state index in [4.69, 9.17) is 0 Å². The van der Waals surface area contributed by atoms with Gasteiger partial charge in [-0.25, -0.2) is 12.8 Å². The van der Waals surface area contributed by atoms with Crippen LogP contribution < -0.4 is 0 Å². The predicted octanol–water partition coefficient (Wildman–Crippen LogP) is 2.57. The molecule has 106 valence electrons. The molecule has 1 heterocycles. The van der Waals surface area contributed by atoms with Gasteiger partial charge >= 0.3 is 0 Å². The Kier molecular flexibility index (Phi) is 4.53. The maximum absolute atomic E-state index is 13.3. The smallest absolute Gasteiger partial charge is 0.207 e. The lowest BCUT2D eigenvalue weighted by molar-refractivity contribution is 0.434. The molecule has 0 radical (unpaired) electrons. The van der Waals surface area contributed by atoms with Crippen molar-refractivity contribution in [2.24, 2.45) is 0 Å². The van der Waals surface area contributed by atoms with Crippen molar-refractivity contribution >= 4 is 21.8 Å². The molecule has 1 fully saturated rings. The second kappa shape index (κ2) is 5.81. The fourth-order valence-electron chi connectivity index (χ4n) is 2.40. The van der Waals surface area contributed by atoms with E-state index in [0.717, 1.165) is 17.9 Å². The van der Waals surface area contributed by atoms with Gasteiger partial charge in [0.2, 0.25) is 10.0 Å². The number of thioether (sulfide) groups is 1. The van der Waals surface area contributed by atoms with E-state index < -0.39 is 10.0 Å². The summed E-state index contributed by atoms with van der Waals surface area (Å²) in [6, 6.07) is 2.57. The third kappa shape index (κ3) is 3.12. The van der Waals surface area contributed by atoms with Gasteiger partial charge in [-0.1, -0.05) is 0 Å². The second-order valence-electron chi connectivity index (χ2n) is 4.74. The normalized spacial score (nSPS) is 18.3. The summed E-state index contributed by atoms with van der Waals surface area (Å²) in [4.78, 5) is 0.265. The van der Waals surface area contributed by atoms with Crippen molar-refractivity contribution in [2.75, 3.05) is 24.6 Å². The van der Waals surface area contributed by atoms with Crippen LogP contribution in [0.1, 0.15) is 17.5 Å². The maximum Gasteiger partial charge on any atom is 0.243 e. The fourth-order valence-corrected chi connectivity index (χ4v) is 5.29. The molecular formula is C13H18FNO2S2. The molecule has 0 unspecified atom stereocenters. The maximum atomic E-state index is 13.3. The van der Waals surface area contributed by atoms with Crippen molar-refractivity contribution in [2.45, 2.75) is 25.2 Å². The number of nitrogens with zero attached hydrogens (tertiary/aromatic N) is 1. The minimum atomic E-state index is -3.51. The van der Waals surface area contributed by atoms with Gasteiger partial charge in [0.15, 0.2) is 0 Å². The van der Waals surface area contributed by atoms with E-state index in [1.165, 1.54) is 16.4 Å². The van der Waals surface area contributed by atoms with Crippen molar-refractivity contribution in [1.29, 1.82) is 0 Å². The Hall–Kier alpha value is -0.590. The predicted molar refractivity (Wildman–Crippen MR) is 76.6 cm³/mol. The third-order valence-corrected chi connectivity index (χ3v) is 6.46. The van der Waals surface area contributed by atoms with Crippen LogP contribution in [-0.4, -0.2) is 37.3 Å². The Labute approximate surface area is 118 Å². The van der Waals surface area contributed by atoms with Crippen molar-refractivity contribution in [3.8, 4) is 0 Å². The van der Waals surface area contributed by atoms with E-state index in [1.807, 2.05) is 0 Å². The van der Waals surface area contributed by atoms with Gasteiger partial charge in [-0.3, -0.25) is 0 Å². The van der Waals surface area contributed by atoms with Crippen molar-refractivity contribution in [3.05, 3.63) is 29.1 Å². The third-order valence-electron chi connectivity index (χ3n) is 3.20. The Bertz CT molecular complexity index is 541. The van der Waals surface area contributed by atoms with Gasteiger partial charge in [-0.05, 0) is 49.3 Å². The van der Waals surface area contributed by atoms with Crippen LogP contribution >= 0.6 is 11.8 Å². The van der Waals surface area contributed by atoms with E-state index in [1.54, 1.807) is 25.6 Å². The number of benzene rings is 1. The molecule has 0 atom stereocenters. The molecule has 0 saturated carbocycles. The zero-order valence-electron chi connectivity index (χ0n) is 11.1. The van der Waals surface area contributed by atoms with E-state index in [0.29, 0.717) is 24.2 Å². The first-order chi connectivity index (χ1) is 8.93. The number of aryl methyl sites for hydroxylation is 2. The Morgan fingerprint density at radius 2 is 1.79 bits per heavy atom. The lowest BCUT2D eigenvalue weighted by Gasteiger charge is -2.22. The van der Waals surface area contributed by atoms with Gasteiger partial charge < -0.3 is 0 Å². The van der Waals surface area contributed by atoms with Crippen LogP contribution in [0, 0.1) is 19.7 Å². The molecule has 1 saturated heterocycles. The first kappa shape index (κ1) is 14.8. The molecule has 0 aliphatic carbocycles. The lowest BCUT2D eigenvalue weighted by atomic mass is 10.1. The minimum Gasteiger partial charge on any atom is -0.207 e. The summed E-state index contributed by atoms with van der Waals surface area (Å²) in [6.45, 7) is 4.37. The first-order valence-electron chi connectivity index (χ1n) is 6.27. The fraction of sp³-hybridized carbons (Fsp3) is 0.538. The molecule has 1 aromatic rings. The Morgan fingerprint density at radius 3 is 2.42 bits per heavy atom. The van der Waals surface area contributed by atoms with Crippen molar-refractivity contribution in [3.63, 3.8) is 0 Å². The van der Waals surface area contributed by atoms with Crippen molar-refractivity contribution < 1.29 is 12.8 Å². The highest BCUT2D eigenvalue weighted by atomic mass is 32.2. The van der Waals surface area contributed by atoms with Gasteiger partial charge in [-0.15, -0.1) is 0 Å². The first-order valence-corrected chi connectivity index (χ1v) is 8.87. The van der Waals surface area contributed by atoms with Crippen LogP contribution in [0.4, 0.5) is 4.39 Å². The summed E-state index contributed by atoms with van der Waals surface area (Å²) in [6.07, 6.45) is 0.864. The molecule has 3 nitrogen and oxygen atoms in total. The Balaban J connectivity index is 2.44. The molecule has 1 aromatic carbocycles. The summed E-state index contributed by atoms with van der Waals surface area (Å²) >= 11 is 1.78. The number of hydrogen-bond donors (Lipinski definition) is 0. The van der Waals surface area contributed by atoms with Crippen LogP contribution in [0.2, 0.25) is 0 Å². The van der Waals surface area contributed by atoms with Crippen LogP contribution in [-0.2, 0) is 10.0 Å².